The Kier molecular flexibility index (Phi) is 3.94. The Morgan fingerprint density at radius 2 is 2.05 bits per heavy atom. The summed E-state index contributed by atoms with van der Waals surface area (Å²) in [5.41, 5.74) is 2.32. The molecular formula is C16H16BrNOS. The highest BCUT2D eigenvalue weighted by Gasteiger charge is 2.33. The molecule has 1 unspecified atom stereocenters. The standard InChI is InChI=1S/C16H16BrNOS/c1-10-9-13(20-15(10)17)16(19)18-14(12-7-8-12)11-5-3-2-4-6-11/h2-6,9,12,14H,7-8H2,1H3,(H,18,19). The first-order chi connectivity index (χ1) is 9.65. The van der Waals surface area contributed by atoms with Crippen LogP contribution < -0.4 is 5.32 Å². The van der Waals surface area contributed by atoms with Gasteiger partial charge in [-0.3, -0.25) is 4.79 Å². The maximum Gasteiger partial charge on any atom is 0.261 e. The van der Waals surface area contributed by atoms with Crippen LogP contribution in [0.1, 0.15) is 39.7 Å². The largest absolute Gasteiger partial charge is 0.344 e. The number of nitrogens with one attached hydrogen (secondary N) is 1. The fourth-order valence-corrected chi connectivity index (χ4v) is 3.79. The molecule has 0 spiro atoms. The number of rotatable bonds is 4. The number of carbonyl (C=O) groups excluding carboxylic acids is 1. The summed E-state index contributed by atoms with van der Waals surface area (Å²) in [6.07, 6.45) is 2.40. The second kappa shape index (κ2) is 5.70. The Hall–Kier alpha value is -1.13. The number of amides is 1. The Balaban J connectivity index is 1.78. The number of hydrogen-bond donors (Lipinski definition) is 1. The van der Waals surface area contributed by atoms with Crippen molar-refractivity contribution in [1.82, 2.24) is 5.32 Å². The van der Waals surface area contributed by atoms with Gasteiger partial charge in [-0.15, -0.1) is 11.3 Å². The van der Waals surface area contributed by atoms with Crippen LogP contribution in [0.3, 0.4) is 0 Å². The van der Waals surface area contributed by atoms with E-state index in [0.717, 1.165) is 14.2 Å². The summed E-state index contributed by atoms with van der Waals surface area (Å²) in [4.78, 5) is 13.2. The van der Waals surface area contributed by atoms with E-state index in [-0.39, 0.29) is 11.9 Å². The van der Waals surface area contributed by atoms with E-state index in [1.165, 1.54) is 29.7 Å². The molecular weight excluding hydrogens is 334 g/mol. The van der Waals surface area contributed by atoms with Gasteiger partial charge in [0.1, 0.15) is 0 Å². The molecule has 0 bridgehead atoms. The molecule has 2 aromatic rings. The third-order valence-electron chi connectivity index (χ3n) is 3.62. The van der Waals surface area contributed by atoms with E-state index in [0.29, 0.717) is 5.92 Å². The lowest BCUT2D eigenvalue weighted by molar-refractivity contribution is 0.0936. The number of thiophene rings is 1. The van der Waals surface area contributed by atoms with Crippen molar-refractivity contribution in [3.05, 3.63) is 56.2 Å². The van der Waals surface area contributed by atoms with Crippen molar-refractivity contribution in [3.8, 4) is 0 Å². The first-order valence-electron chi connectivity index (χ1n) is 6.77. The molecule has 1 aromatic heterocycles. The Labute approximate surface area is 131 Å². The summed E-state index contributed by atoms with van der Waals surface area (Å²) in [6.45, 7) is 2.01. The van der Waals surface area contributed by atoms with Crippen molar-refractivity contribution in [2.45, 2.75) is 25.8 Å². The number of carbonyl (C=O) groups is 1. The van der Waals surface area contributed by atoms with Gasteiger partial charge in [-0.2, -0.15) is 0 Å². The molecule has 1 N–H and O–H groups in total. The number of benzene rings is 1. The summed E-state index contributed by atoms with van der Waals surface area (Å²) >= 11 is 4.97. The molecule has 1 heterocycles. The molecule has 0 radical (unpaired) electrons. The van der Waals surface area contributed by atoms with Crippen molar-refractivity contribution in [2.24, 2.45) is 5.92 Å². The predicted molar refractivity (Wildman–Crippen MR) is 86.1 cm³/mol. The third kappa shape index (κ3) is 2.96. The highest BCUT2D eigenvalue weighted by molar-refractivity contribution is 9.11. The van der Waals surface area contributed by atoms with Crippen LogP contribution in [0, 0.1) is 12.8 Å². The minimum absolute atomic E-state index is 0.0320. The van der Waals surface area contributed by atoms with Crippen LogP contribution in [-0.4, -0.2) is 5.91 Å². The van der Waals surface area contributed by atoms with Crippen LogP contribution in [0.2, 0.25) is 0 Å². The van der Waals surface area contributed by atoms with Crippen LogP contribution in [0.5, 0.6) is 0 Å². The zero-order chi connectivity index (χ0) is 14.1. The zero-order valence-corrected chi connectivity index (χ0v) is 13.6. The van der Waals surface area contributed by atoms with E-state index in [1.807, 2.05) is 31.2 Å². The van der Waals surface area contributed by atoms with Crippen LogP contribution in [-0.2, 0) is 0 Å². The van der Waals surface area contributed by atoms with E-state index in [4.69, 9.17) is 0 Å². The smallest absolute Gasteiger partial charge is 0.261 e. The topological polar surface area (TPSA) is 29.1 Å². The van der Waals surface area contributed by atoms with Gasteiger partial charge in [0.25, 0.3) is 5.91 Å². The molecule has 2 nitrogen and oxygen atoms in total. The third-order valence-corrected chi connectivity index (χ3v) is 5.76. The lowest BCUT2D eigenvalue weighted by Crippen LogP contribution is -2.29. The van der Waals surface area contributed by atoms with Gasteiger partial charge in [0, 0.05) is 0 Å². The van der Waals surface area contributed by atoms with Crippen LogP contribution >= 0.6 is 27.3 Å². The molecule has 0 saturated heterocycles. The summed E-state index contributed by atoms with van der Waals surface area (Å²) in [5, 5.41) is 3.20. The van der Waals surface area contributed by atoms with E-state index >= 15 is 0 Å². The van der Waals surface area contributed by atoms with Crippen molar-refractivity contribution in [2.75, 3.05) is 0 Å². The van der Waals surface area contributed by atoms with Gasteiger partial charge in [-0.25, -0.2) is 0 Å². The first kappa shape index (κ1) is 13.8. The monoisotopic (exact) mass is 349 g/mol. The van der Waals surface area contributed by atoms with Crippen LogP contribution in [0.4, 0.5) is 0 Å². The van der Waals surface area contributed by atoms with Gasteiger partial charge >= 0.3 is 0 Å². The van der Waals surface area contributed by atoms with Gasteiger partial charge in [-0.1, -0.05) is 30.3 Å². The lowest BCUT2D eigenvalue weighted by Gasteiger charge is -2.18. The highest BCUT2D eigenvalue weighted by Crippen LogP contribution is 2.41. The maximum absolute atomic E-state index is 12.4. The van der Waals surface area contributed by atoms with E-state index < -0.39 is 0 Å². The number of hydrogen-bond acceptors (Lipinski definition) is 2. The zero-order valence-electron chi connectivity index (χ0n) is 11.2. The molecule has 1 atom stereocenters. The summed E-state index contributed by atoms with van der Waals surface area (Å²) in [6, 6.07) is 12.3. The number of halogens is 1. The van der Waals surface area contributed by atoms with Crippen LogP contribution in [0.15, 0.2) is 40.2 Å². The van der Waals surface area contributed by atoms with Gasteiger partial charge in [-0.05, 0) is 58.8 Å². The van der Waals surface area contributed by atoms with E-state index in [2.05, 4.69) is 33.4 Å². The number of aryl methyl sites for hydroxylation is 1. The second-order valence-electron chi connectivity index (χ2n) is 5.27. The second-order valence-corrected chi connectivity index (χ2v) is 7.64. The molecule has 104 valence electrons. The van der Waals surface area contributed by atoms with Gasteiger partial charge in [0.15, 0.2) is 0 Å². The first-order valence-corrected chi connectivity index (χ1v) is 8.38. The molecule has 1 fully saturated rings. The molecule has 20 heavy (non-hydrogen) atoms. The average Bonchev–Trinajstić information content (AvgIpc) is 3.23. The Morgan fingerprint density at radius 1 is 1.35 bits per heavy atom. The fraction of sp³-hybridized carbons (Fsp3) is 0.312. The molecule has 3 rings (SSSR count). The molecule has 1 saturated carbocycles. The summed E-state index contributed by atoms with van der Waals surface area (Å²) in [5.74, 6) is 0.621. The van der Waals surface area contributed by atoms with Crippen LogP contribution in [0.25, 0.3) is 0 Å². The van der Waals surface area contributed by atoms with Crippen molar-refractivity contribution in [3.63, 3.8) is 0 Å². The highest BCUT2D eigenvalue weighted by atomic mass is 79.9. The average molecular weight is 350 g/mol. The molecule has 4 heteroatoms. The summed E-state index contributed by atoms with van der Waals surface area (Å²) in [7, 11) is 0. The molecule has 1 aromatic carbocycles. The minimum Gasteiger partial charge on any atom is -0.344 e. The molecule has 1 aliphatic rings. The quantitative estimate of drug-likeness (QED) is 0.851. The van der Waals surface area contributed by atoms with Gasteiger partial charge in [0.05, 0.1) is 14.7 Å². The van der Waals surface area contributed by atoms with Gasteiger partial charge in [0.2, 0.25) is 0 Å². The lowest BCUT2D eigenvalue weighted by atomic mass is 10.0. The van der Waals surface area contributed by atoms with Crippen molar-refractivity contribution in [1.29, 1.82) is 0 Å². The van der Waals surface area contributed by atoms with E-state index in [1.54, 1.807) is 0 Å². The predicted octanol–water partition coefficient (Wildman–Crippen LogP) is 4.70. The fourth-order valence-electron chi connectivity index (χ4n) is 2.35. The Bertz CT molecular complexity index is 599. The summed E-state index contributed by atoms with van der Waals surface area (Å²) < 4.78 is 1.03. The van der Waals surface area contributed by atoms with E-state index in [9.17, 15) is 4.79 Å². The SMILES string of the molecule is Cc1cc(C(=O)NC(c2ccccc2)C2CC2)sc1Br. The Morgan fingerprint density at radius 3 is 2.60 bits per heavy atom. The van der Waals surface area contributed by atoms with Gasteiger partial charge < -0.3 is 5.32 Å². The molecule has 1 amide bonds. The normalized spacial score (nSPS) is 15.9. The maximum atomic E-state index is 12.4. The molecule has 0 aliphatic heterocycles. The minimum atomic E-state index is 0.0320. The molecule has 1 aliphatic carbocycles. The van der Waals surface area contributed by atoms with Crippen molar-refractivity contribution < 1.29 is 4.79 Å². The van der Waals surface area contributed by atoms with Crippen molar-refractivity contribution >= 4 is 33.2 Å².